The minimum atomic E-state index is -0.250. The van der Waals surface area contributed by atoms with Crippen LogP contribution in [0.25, 0.3) is 0 Å². The summed E-state index contributed by atoms with van der Waals surface area (Å²) in [7, 11) is 0. The molecule has 1 saturated carbocycles. The highest BCUT2D eigenvalue weighted by Crippen LogP contribution is 2.42. The van der Waals surface area contributed by atoms with Gasteiger partial charge in [0, 0.05) is 23.4 Å². The number of hydrogen-bond acceptors (Lipinski definition) is 5. The van der Waals surface area contributed by atoms with Crippen LogP contribution >= 0.6 is 0 Å². The van der Waals surface area contributed by atoms with Crippen LogP contribution in [-0.4, -0.2) is 27.2 Å². The third kappa shape index (κ3) is 2.52. The average molecular weight is 264 g/mol. The number of aliphatic hydroxyl groups excluding tert-OH is 1. The van der Waals surface area contributed by atoms with Crippen molar-refractivity contribution in [2.24, 2.45) is 5.41 Å². The van der Waals surface area contributed by atoms with E-state index in [2.05, 4.69) is 36.1 Å². The quantitative estimate of drug-likeness (QED) is 0.773. The second-order valence-electron chi connectivity index (χ2n) is 6.02. The summed E-state index contributed by atoms with van der Waals surface area (Å²) in [5.74, 6) is 2.13. The molecule has 5 nitrogen and oxygen atoms in total. The molecule has 5 heteroatoms. The molecule has 2 unspecified atom stereocenters. The molecule has 1 aromatic heterocycles. The molecule has 1 heterocycles. The fourth-order valence-corrected chi connectivity index (χ4v) is 2.37. The van der Waals surface area contributed by atoms with Crippen LogP contribution < -0.4 is 11.1 Å². The van der Waals surface area contributed by atoms with Gasteiger partial charge < -0.3 is 16.2 Å². The van der Waals surface area contributed by atoms with E-state index >= 15 is 0 Å². The van der Waals surface area contributed by atoms with Crippen molar-refractivity contribution in [3.8, 4) is 0 Å². The molecule has 4 N–H and O–H groups in total. The normalized spacial score (nSPS) is 24.9. The zero-order chi connectivity index (χ0) is 14.2. The van der Waals surface area contributed by atoms with Crippen molar-refractivity contribution >= 4 is 11.6 Å². The number of anilines is 2. The number of nitrogens with one attached hydrogen (secondary N) is 1. The van der Waals surface area contributed by atoms with Gasteiger partial charge in [0.05, 0.1) is 6.10 Å². The lowest BCUT2D eigenvalue weighted by Gasteiger charge is -2.49. The predicted molar refractivity (Wildman–Crippen MR) is 77.0 cm³/mol. The Morgan fingerprint density at radius 3 is 2.63 bits per heavy atom. The van der Waals surface area contributed by atoms with E-state index in [1.54, 1.807) is 0 Å². The fourth-order valence-electron chi connectivity index (χ4n) is 2.37. The first-order chi connectivity index (χ1) is 8.86. The molecular weight excluding hydrogens is 240 g/mol. The highest BCUT2D eigenvalue weighted by atomic mass is 16.3. The first-order valence-corrected chi connectivity index (χ1v) is 6.93. The SMILES string of the molecule is CCCc1nc(N)c(C)c(NC2CC(O)C2(C)C)n1. The maximum atomic E-state index is 9.79. The van der Waals surface area contributed by atoms with E-state index < -0.39 is 0 Å². The number of nitrogen functional groups attached to an aromatic ring is 1. The van der Waals surface area contributed by atoms with Gasteiger partial charge in [-0.1, -0.05) is 20.8 Å². The number of aliphatic hydroxyl groups is 1. The number of nitrogens with two attached hydrogens (primary N) is 1. The van der Waals surface area contributed by atoms with Gasteiger partial charge in [-0.2, -0.15) is 0 Å². The highest BCUT2D eigenvalue weighted by Gasteiger charge is 2.47. The Kier molecular flexibility index (Phi) is 3.67. The third-order valence-electron chi connectivity index (χ3n) is 4.23. The van der Waals surface area contributed by atoms with Crippen molar-refractivity contribution in [2.75, 3.05) is 11.1 Å². The lowest BCUT2D eigenvalue weighted by Crippen LogP contribution is -2.57. The topological polar surface area (TPSA) is 84.1 Å². The second-order valence-corrected chi connectivity index (χ2v) is 6.02. The number of rotatable bonds is 4. The zero-order valence-electron chi connectivity index (χ0n) is 12.2. The Morgan fingerprint density at radius 2 is 2.11 bits per heavy atom. The van der Waals surface area contributed by atoms with Gasteiger partial charge in [-0.25, -0.2) is 9.97 Å². The van der Waals surface area contributed by atoms with E-state index in [4.69, 9.17) is 5.73 Å². The largest absolute Gasteiger partial charge is 0.392 e. The molecule has 19 heavy (non-hydrogen) atoms. The van der Waals surface area contributed by atoms with E-state index in [9.17, 15) is 5.11 Å². The number of aryl methyl sites for hydroxylation is 1. The standard InChI is InChI=1S/C14H24N4O/c1-5-6-11-17-12(15)8(2)13(18-11)16-9-7-10(19)14(9,3)4/h9-10,19H,5-7H2,1-4H3,(H3,15,16,17,18). The van der Waals surface area contributed by atoms with E-state index in [-0.39, 0.29) is 17.6 Å². The van der Waals surface area contributed by atoms with Gasteiger partial charge in [0.1, 0.15) is 17.5 Å². The Morgan fingerprint density at radius 1 is 1.42 bits per heavy atom. The van der Waals surface area contributed by atoms with Crippen LogP contribution in [0.2, 0.25) is 0 Å². The maximum absolute atomic E-state index is 9.79. The minimum absolute atomic E-state index is 0.128. The maximum Gasteiger partial charge on any atom is 0.135 e. The summed E-state index contributed by atoms with van der Waals surface area (Å²) in [6.07, 6.45) is 2.32. The molecule has 1 fully saturated rings. The summed E-state index contributed by atoms with van der Waals surface area (Å²) in [5, 5.41) is 13.2. The zero-order valence-corrected chi connectivity index (χ0v) is 12.2. The summed E-state index contributed by atoms with van der Waals surface area (Å²) < 4.78 is 0. The highest BCUT2D eigenvalue weighted by molar-refractivity contribution is 5.55. The van der Waals surface area contributed by atoms with Crippen molar-refractivity contribution in [1.82, 2.24) is 9.97 Å². The molecule has 0 amide bonds. The van der Waals surface area contributed by atoms with Crippen molar-refractivity contribution in [1.29, 1.82) is 0 Å². The minimum Gasteiger partial charge on any atom is -0.392 e. The molecule has 0 aliphatic heterocycles. The summed E-state index contributed by atoms with van der Waals surface area (Å²) in [5.41, 5.74) is 6.70. The number of nitrogens with zero attached hydrogens (tertiary/aromatic N) is 2. The summed E-state index contributed by atoms with van der Waals surface area (Å²) in [4.78, 5) is 8.85. The average Bonchev–Trinajstić information content (AvgIpc) is 2.35. The first-order valence-electron chi connectivity index (χ1n) is 6.93. The van der Waals surface area contributed by atoms with Crippen LogP contribution in [0.15, 0.2) is 0 Å². The van der Waals surface area contributed by atoms with E-state index in [0.717, 1.165) is 36.5 Å². The molecule has 0 spiro atoms. The lowest BCUT2D eigenvalue weighted by atomic mass is 9.64. The van der Waals surface area contributed by atoms with Crippen LogP contribution in [0.4, 0.5) is 11.6 Å². The van der Waals surface area contributed by atoms with Gasteiger partial charge in [0.2, 0.25) is 0 Å². The summed E-state index contributed by atoms with van der Waals surface area (Å²) >= 11 is 0. The molecule has 1 aliphatic carbocycles. The van der Waals surface area contributed by atoms with Gasteiger partial charge in [0.15, 0.2) is 0 Å². The van der Waals surface area contributed by atoms with Crippen LogP contribution in [0.3, 0.4) is 0 Å². The van der Waals surface area contributed by atoms with E-state index in [1.165, 1.54) is 0 Å². The van der Waals surface area contributed by atoms with Gasteiger partial charge in [-0.05, 0) is 19.8 Å². The first kappa shape index (κ1) is 14.1. The number of hydrogen-bond donors (Lipinski definition) is 3. The van der Waals surface area contributed by atoms with Crippen LogP contribution in [0.1, 0.15) is 45.0 Å². The third-order valence-corrected chi connectivity index (χ3v) is 4.23. The van der Waals surface area contributed by atoms with Crippen LogP contribution in [-0.2, 0) is 6.42 Å². The smallest absolute Gasteiger partial charge is 0.135 e. The molecule has 0 aromatic carbocycles. The van der Waals surface area contributed by atoms with Crippen molar-refractivity contribution < 1.29 is 5.11 Å². The summed E-state index contributed by atoms with van der Waals surface area (Å²) in [6.45, 7) is 8.14. The molecule has 0 saturated heterocycles. The Labute approximate surface area is 114 Å². The lowest BCUT2D eigenvalue weighted by molar-refractivity contribution is -0.0511. The van der Waals surface area contributed by atoms with Gasteiger partial charge in [-0.3, -0.25) is 0 Å². The van der Waals surface area contributed by atoms with Crippen molar-refractivity contribution in [3.63, 3.8) is 0 Å². The predicted octanol–water partition coefficient (Wildman–Crippen LogP) is 1.89. The van der Waals surface area contributed by atoms with Crippen LogP contribution in [0, 0.1) is 12.3 Å². The fraction of sp³-hybridized carbons (Fsp3) is 0.714. The van der Waals surface area contributed by atoms with Crippen molar-refractivity contribution in [2.45, 2.75) is 59.1 Å². The molecule has 0 radical (unpaired) electrons. The van der Waals surface area contributed by atoms with Gasteiger partial charge >= 0.3 is 0 Å². The Bertz CT molecular complexity index is 473. The monoisotopic (exact) mass is 264 g/mol. The molecule has 0 bridgehead atoms. The van der Waals surface area contributed by atoms with Gasteiger partial charge in [-0.15, -0.1) is 0 Å². The van der Waals surface area contributed by atoms with Crippen molar-refractivity contribution in [3.05, 3.63) is 11.4 Å². The second kappa shape index (κ2) is 4.96. The molecule has 1 aromatic rings. The Balaban J connectivity index is 2.20. The molecule has 106 valence electrons. The molecule has 2 rings (SSSR count). The number of aromatic nitrogens is 2. The van der Waals surface area contributed by atoms with Gasteiger partial charge in [0.25, 0.3) is 0 Å². The molecule has 1 aliphatic rings. The van der Waals surface area contributed by atoms with Crippen LogP contribution in [0.5, 0.6) is 0 Å². The summed E-state index contributed by atoms with van der Waals surface area (Å²) in [6, 6.07) is 0.227. The Hall–Kier alpha value is -1.36. The van der Waals surface area contributed by atoms with E-state index in [1.807, 2.05) is 6.92 Å². The van der Waals surface area contributed by atoms with E-state index in [0.29, 0.717) is 5.82 Å². The molecule has 2 atom stereocenters. The molecular formula is C14H24N4O.